The molecule has 1 aromatic heterocycles. The molecule has 5 nitrogen and oxygen atoms in total. The molecule has 0 fully saturated rings. The van der Waals surface area contributed by atoms with Crippen molar-refractivity contribution in [2.75, 3.05) is 6.54 Å². The lowest BCUT2D eigenvalue weighted by molar-refractivity contribution is -0.145. The second-order valence-electron chi connectivity index (χ2n) is 5.39. The number of aryl methyl sites for hydroxylation is 2. The van der Waals surface area contributed by atoms with Crippen LogP contribution in [0.5, 0.6) is 0 Å². The van der Waals surface area contributed by atoms with E-state index in [0.29, 0.717) is 19.4 Å². The summed E-state index contributed by atoms with van der Waals surface area (Å²) in [4.78, 5) is 11.5. The molecule has 1 atom stereocenters. The van der Waals surface area contributed by atoms with Gasteiger partial charge in [-0.15, -0.1) is 0 Å². The minimum atomic E-state index is -0.806. The molecule has 0 radical (unpaired) electrons. The van der Waals surface area contributed by atoms with Crippen LogP contribution in [0, 0.1) is 20.8 Å². The average Bonchev–Trinajstić information content (AvgIpc) is 2.65. The SMILES string of the molecule is CCNC(CC)(CCCn1nc(C)c(C)c1C)C(=O)O. The Hall–Kier alpha value is -1.36. The average molecular weight is 281 g/mol. The Labute approximate surface area is 121 Å². The molecule has 1 unspecified atom stereocenters. The fraction of sp³-hybridized carbons (Fsp3) is 0.733. The number of hydrogen-bond acceptors (Lipinski definition) is 3. The first-order chi connectivity index (χ1) is 9.38. The lowest BCUT2D eigenvalue weighted by Gasteiger charge is -2.29. The van der Waals surface area contributed by atoms with Gasteiger partial charge in [0.05, 0.1) is 5.69 Å². The van der Waals surface area contributed by atoms with Gasteiger partial charge in [-0.1, -0.05) is 13.8 Å². The molecule has 0 amide bonds. The van der Waals surface area contributed by atoms with Gasteiger partial charge < -0.3 is 10.4 Å². The van der Waals surface area contributed by atoms with Crippen molar-refractivity contribution in [1.29, 1.82) is 0 Å². The Morgan fingerprint density at radius 1 is 1.35 bits per heavy atom. The van der Waals surface area contributed by atoms with Crippen molar-refractivity contribution in [2.24, 2.45) is 0 Å². The van der Waals surface area contributed by atoms with Gasteiger partial charge in [0.1, 0.15) is 5.54 Å². The van der Waals surface area contributed by atoms with Crippen LogP contribution in [0.25, 0.3) is 0 Å². The molecule has 5 heteroatoms. The van der Waals surface area contributed by atoms with Crippen molar-refractivity contribution in [3.05, 3.63) is 17.0 Å². The van der Waals surface area contributed by atoms with E-state index >= 15 is 0 Å². The highest BCUT2D eigenvalue weighted by Crippen LogP contribution is 2.19. The maximum Gasteiger partial charge on any atom is 0.323 e. The Kier molecular flexibility index (Phi) is 5.74. The predicted molar refractivity (Wildman–Crippen MR) is 80.0 cm³/mol. The first kappa shape index (κ1) is 16.7. The quantitative estimate of drug-likeness (QED) is 0.768. The Morgan fingerprint density at radius 2 is 2.00 bits per heavy atom. The highest BCUT2D eigenvalue weighted by Gasteiger charge is 2.34. The van der Waals surface area contributed by atoms with Crippen molar-refractivity contribution < 1.29 is 9.90 Å². The van der Waals surface area contributed by atoms with E-state index in [1.807, 2.05) is 25.5 Å². The van der Waals surface area contributed by atoms with Crippen LogP contribution >= 0.6 is 0 Å². The van der Waals surface area contributed by atoms with Crippen molar-refractivity contribution in [2.45, 2.75) is 66.0 Å². The van der Waals surface area contributed by atoms with Gasteiger partial charge >= 0.3 is 5.97 Å². The van der Waals surface area contributed by atoms with Crippen LogP contribution in [-0.2, 0) is 11.3 Å². The summed E-state index contributed by atoms with van der Waals surface area (Å²) in [6, 6.07) is 0. The number of carboxylic acid groups (broad SMARTS) is 1. The number of aliphatic carboxylic acids is 1. The normalized spacial score (nSPS) is 14.2. The smallest absolute Gasteiger partial charge is 0.323 e. The zero-order chi connectivity index (χ0) is 15.3. The van der Waals surface area contributed by atoms with Crippen molar-refractivity contribution in [3.63, 3.8) is 0 Å². The molecule has 0 spiro atoms. The summed E-state index contributed by atoms with van der Waals surface area (Å²) in [6.45, 7) is 11.4. The zero-order valence-corrected chi connectivity index (χ0v) is 13.3. The maximum atomic E-state index is 11.5. The summed E-state index contributed by atoms with van der Waals surface area (Å²) in [5.41, 5.74) is 2.63. The minimum Gasteiger partial charge on any atom is -0.480 e. The molecule has 0 aliphatic rings. The molecule has 0 saturated carbocycles. The number of nitrogens with zero attached hydrogens (tertiary/aromatic N) is 2. The van der Waals surface area contributed by atoms with Crippen molar-refractivity contribution >= 4 is 5.97 Å². The van der Waals surface area contributed by atoms with Crippen LogP contribution in [-0.4, -0.2) is 32.9 Å². The van der Waals surface area contributed by atoms with Crippen molar-refractivity contribution in [3.8, 4) is 0 Å². The van der Waals surface area contributed by atoms with E-state index in [2.05, 4.69) is 24.3 Å². The Bertz CT molecular complexity index is 468. The summed E-state index contributed by atoms with van der Waals surface area (Å²) >= 11 is 0. The van der Waals surface area contributed by atoms with E-state index in [1.165, 1.54) is 11.3 Å². The molecule has 0 aliphatic carbocycles. The summed E-state index contributed by atoms with van der Waals surface area (Å²) in [7, 11) is 0. The Morgan fingerprint density at radius 3 is 2.40 bits per heavy atom. The second kappa shape index (κ2) is 6.88. The van der Waals surface area contributed by atoms with Gasteiger partial charge in [-0.3, -0.25) is 9.48 Å². The van der Waals surface area contributed by atoms with Crippen LogP contribution < -0.4 is 5.32 Å². The van der Waals surface area contributed by atoms with Gasteiger partial charge in [-0.25, -0.2) is 0 Å². The monoisotopic (exact) mass is 281 g/mol. The van der Waals surface area contributed by atoms with Gasteiger partial charge in [-0.2, -0.15) is 5.10 Å². The minimum absolute atomic E-state index is 0.590. The van der Waals surface area contributed by atoms with E-state index < -0.39 is 11.5 Å². The summed E-state index contributed by atoms with van der Waals surface area (Å²) < 4.78 is 1.99. The molecule has 20 heavy (non-hydrogen) atoms. The second-order valence-corrected chi connectivity index (χ2v) is 5.39. The maximum absolute atomic E-state index is 11.5. The Balaban J connectivity index is 2.69. The lowest BCUT2D eigenvalue weighted by Crippen LogP contribution is -2.51. The van der Waals surface area contributed by atoms with E-state index in [1.54, 1.807) is 0 Å². The first-order valence-corrected chi connectivity index (χ1v) is 7.37. The van der Waals surface area contributed by atoms with Crippen LogP contribution in [0.2, 0.25) is 0 Å². The molecule has 1 heterocycles. The van der Waals surface area contributed by atoms with Gasteiger partial charge in [0, 0.05) is 12.2 Å². The molecule has 0 bridgehead atoms. The van der Waals surface area contributed by atoms with Gasteiger partial charge in [0.2, 0.25) is 0 Å². The van der Waals surface area contributed by atoms with E-state index in [-0.39, 0.29) is 0 Å². The standard InChI is InChI=1S/C15H27N3O2/c1-6-15(14(19)20,16-7-2)9-8-10-18-13(5)11(3)12(4)17-18/h16H,6-10H2,1-5H3,(H,19,20). The summed E-state index contributed by atoms with van der Waals surface area (Å²) in [5.74, 6) is -0.758. The number of hydrogen-bond donors (Lipinski definition) is 2. The largest absolute Gasteiger partial charge is 0.480 e. The highest BCUT2D eigenvalue weighted by molar-refractivity contribution is 5.78. The highest BCUT2D eigenvalue weighted by atomic mass is 16.4. The molecule has 114 valence electrons. The molecule has 0 aliphatic heterocycles. The fourth-order valence-electron chi connectivity index (χ4n) is 2.60. The summed E-state index contributed by atoms with van der Waals surface area (Å²) in [6.07, 6.45) is 2.00. The number of likely N-dealkylation sites (N-methyl/N-ethyl adjacent to an activating group) is 1. The summed E-state index contributed by atoms with van der Waals surface area (Å²) in [5, 5.41) is 17.1. The molecular formula is C15H27N3O2. The molecule has 1 aromatic rings. The van der Waals surface area contributed by atoms with Crippen LogP contribution in [0.4, 0.5) is 0 Å². The number of carboxylic acids is 1. The molecular weight excluding hydrogens is 254 g/mol. The van der Waals surface area contributed by atoms with Crippen LogP contribution in [0.15, 0.2) is 0 Å². The third kappa shape index (κ3) is 3.39. The topological polar surface area (TPSA) is 67.2 Å². The molecule has 0 aromatic carbocycles. The van der Waals surface area contributed by atoms with E-state index in [0.717, 1.165) is 18.7 Å². The van der Waals surface area contributed by atoms with E-state index in [4.69, 9.17) is 0 Å². The molecule has 2 N–H and O–H groups in total. The number of rotatable bonds is 8. The zero-order valence-electron chi connectivity index (χ0n) is 13.3. The lowest BCUT2D eigenvalue weighted by atomic mass is 9.90. The molecule has 1 rings (SSSR count). The number of nitrogens with one attached hydrogen (secondary N) is 1. The van der Waals surface area contributed by atoms with Crippen LogP contribution in [0.1, 0.15) is 50.1 Å². The van der Waals surface area contributed by atoms with Crippen LogP contribution in [0.3, 0.4) is 0 Å². The third-order valence-corrected chi connectivity index (χ3v) is 4.24. The van der Waals surface area contributed by atoms with E-state index in [9.17, 15) is 9.90 Å². The fourth-order valence-corrected chi connectivity index (χ4v) is 2.60. The van der Waals surface area contributed by atoms with Crippen molar-refractivity contribution in [1.82, 2.24) is 15.1 Å². The van der Waals surface area contributed by atoms with Gasteiger partial charge in [0.15, 0.2) is 0 Å². The number of carbonyl (C=O) groups is 1. The molecule has 0 saturated heterocycles. The van der Waals surface area contributed by atoms with Gasteiger partial charge in [0.25, 0.3) is 0 Å². The predicted octanol–water partition coefficient (Wildman–Crippen LogP) is 2.43. The number of aromatic nitrogens is 2. The van der Waals surface area contributed by atoms with Gasteiger partial charge in [-0.05, 0) is 52.1 Å². The third-order valence-electron chi connectivity index (χ3n) is 4.24. The first-order valence-electron chi connectivity index (χ1n) is 7.37.